The van der Waals surface area contributed by atoms with Crippen LogP contribution in [0.15, 0.2) is 84.2 Å². The number of carbonyl (C=O) groups is 2. The van der Waals surface area contributed by atoms with E-state index >= 15 is 0 Å². The molecule has 3 aromatic carbocycles. The Morgan fingerprint density at radius 3 is 1.16 bits per heavy atom. The van der Waals surface area contributed by atoms with Gasteiger partial charge in [-0.05, 0) is 110 Å². The topological polar surface area (TPSA) is 54.4 Å². The lowest BCUT2D eigenvalue weighted by atomic mass is 10.00. The zero-order valence-corrected chi connectivity index (χ0v) is 22.4. The number of allylic oxidation sites excluding steroid dienone is 4. The molecule has 3 heteroatoms. The molecular weight excluding hydrogens is 456 g/mol. The maximum absolute atomic E-state index is 13.2. The van der Waals surface area contributed by atoms with Crippen LogP contribution in [0.25, 0.3) is 18.2 Å². The van der Waals surface area contributed by atoms with Gasteiger partial charge in [0.1, 0.15) is 11.3 Å². The van der Waals surface area contributed by atoms with Crippen LogP contribution >= 0.6 is 0 Å². The molecule has 0 aliphatic rings. The van der Waals surface area contributed by atoms with Crippen LogP contribution in [-0.4, -0.2) is 16.7 Å². The molecule has 0 unspecified atom stereocenters. The van der Waals surface area contributed by atoms with E-state index in [1.807, 2.05) is 96.1 Å². The molecular formula is C34H34O3. The van der Waals surface area contributed by atoms with E-state index in [1.165, 1.54) is 18.2 Å². The molecule has 0 atom stereocenters. The molecule has 37 heavy (non-hydrogen) atoms. The van der Waals surface area contributed by atoms with E-state index in [0.717, 1.165) is 50.1 Å². The molecule has 0 bridgehead atoms. The second kappa shape index (κ2) is 12.1. The molecule has 0 saturated carbocycles. The van der Waals surface area contributed by atoms with Crippen LogP contribution in [-0.2, 0) is 9.59 Å². The van der Waals surface area contributed by atoms with Crippen molar-refractivity contribution in [2.45, 2.75) is 41.5 Å². The number of hydrogen-bond acceptors (Lipinski definition) is 3. The molecule has 0 spiro atoms. The summed E-state index contributed by atoms with van der Waals surface area (Å²) >= 11 is 0. The summed E-state index contributed by atoms with van der Waals surface area (Å²) in [7, 11) is 0. The summed E-state index contributed by atoms with van der Waals surface area (Å²) in [4.78, 5) is 26.4. The van der Waals surface area contributed by atoms with Gasteiger partial charge in [0.2, 0.25) is 0 Å². The normalized spacial score (nSPS) is 11.5. The van der Waals surface area contributed by atoms with Crippen LogP contribution < -0.4 is 0 Å². The summed E-state index contributed by atoms with van der Waals surface area (Å²) in [6.45, 7) is 12.1. The Morgan fingerprint density at radius 1 is 0.514 bits per heavy atom. The maximum Gasteiger partial charge on any atom is 0.193 e. The third kappa shape index (κ3) is 7.37. The summed E-state index contributed by atoms with van der Waals surface area (Å²) in [5.74, 6) is -1.49. The maximum atomic E-state index is 13.2. The minimum absolute atomic E-state index is 0.278. The molecule has 0 fully saturated rings. The average molecular weight is 491 g/mol. The Hall–Kier alpha value is -4.24. The molecule has 188 valence electrons. The smallest absolute Gasteiger partial charge is 0.193 e. The first-order valence-corrected chi connectivity index (χ1v) is 12.3. The van der Waals surface area contributed by atoms with Gasteiger partial charge < -0.3 is 5.11 Å². The van der Waals surface area contributed by atoms with E-state index in [1.54, 1.807) is 18.2 Å². The first-order chi connectivity index (χ1) is 17.5. The molecule has 0 radical (unpaired) electrons. The van der Waals surface area contributed by atoms with Crippen LogP contribution in [0.2, 0.25) is 0 Å². The van der Waals surface area contributed by atoms with E-state index in [0.29, 0.717) is 0 Å². The molecule has 0 heterocycles. The summed E-state index contributed by atoms with van der Waals surface area (Å²) in [6.07, 6.45) is 9.10. The van der Waals surface area contributed by atoms with Gasteiger partial charge in [-0.1, -0.05) is 72.8 Å². The summed E-state index contributed by atoms with van der Waals surface area (Å²) < 4.78 is 0. The standard InChI is InChI=1S/C34H34O3/c1-22-7-10-28(19-25(22)4)13-16-31(35)34(32(36)17-14-29-11-8-23(2)26(5)20-29)33(37)18-15-30-12-9-24(3)27(6)21-30/h7-21,35H,1-6H3/b16-13+,17-14+,18-15+. The van der Waals surface area contributed by atoms with Crippen molar-refractivity contribution in [3.05, 3.63) is 134 Å². The Morgan fingerprint density at radius 2 is 0.838 bits per heavy atom. The van der Waals surface area contributed by atoms with Gasteiger partial charge in [0.05, 0.1) is 0 Å². The highest BCUT2D eigenvalue weighted by Gasteiger charge is 2.18. The van der Waals surface area contributed by atoms with E-state index in [-0.39, 0.29) is 11.3 Å². The number of hydrogen-bond donors (Lipinski definition) is 1. The number of aliphatic hydroxyl groups excluding tert-OH is 1. The van der Waals surface area contributed by atoms with Crippen molar-refractivity contribution in [3.63, 3.8) is 0 Å². The zero-order valence-electron chi connectivity index (χ0n) is 22.4. The Bertz CT molecular complexity index is 1390. The second-order valence-electron chi connectivity index (χ2n) is 9.52. The molecule has 3 aromatic rings. The second-order valence-corrected chi connectivity index (χ2v) is 9.52. The predicted molar refractivity (Wildman–Crippen MR) is 155 cm³/mol. The average Bonchev–Trinajstić information content (AvgIpc) is 2.86. The van der Waals surface area contributed by atoms with Gasteiger partial charge >= 0.3 is 0 Å². The van der Waals surface area contributed by atoms with Crippen molar-refractivity contribution in [1.29, 1.82) is 0 Å². The highest BCUT2D eigenvalue weighted by atomic mass is 16.3. The lowest BCUT2D eigenvalue weighted by molar-refractivity contribution is -0.117. The molecule has 1 N–H and O–H groups in total. The monoisotopic (exact) mass is 490 g/mol. The third-order valence-electron chi connectivity index (χ3n) is 6.63. The first kappa shape index (κ1) is 27.3. The first-order valence-electron chi connectivity index (χ1n) is 12.3. The van der Waals surface area contributed by atoms with Gasteiger partial charge in [0.25, 0.3) is 0 Å². The van der Waals surface area contributed by atoms with Crippen LogP contribution in [0.4, 0.5) is 0 Å². The minimum Gasteiger partial charge on any atom is -0.507 e. The van der Waals surface area contributed by atoms with Gasteiger partial charge in [-0.25, -0.2) is 0 Å². The number of rotatable bonds is 8. The molecule has 0 saturated heterocycles. The Labute approximate surface area is 220 Å². The van der Waals surface area contributed by atoms with Crippen LogP contribution in [0.1, 0.15) is 50.1 Å². The molecule has 0 amide bonds. The number of aliphatic hydroxyl groups is 1. The van der Waals surface area contributed by atoms with Crippen molar-refractivity contribution in [3.8, 4) is 0 Å². The minimum atomic E-state index is -0.560. The van der Waals surface area contributed by atoms with Gasteiger partial charge in [0.15, 0.2) is 11.6 Å². The molecule has 0 aromatic heterocycles. The SMILES string of the molecule is Cc1ccc(/C=C/C(=O)C(C(=O)/C=C/c2ccc(C)c(C)c2)=C(O)/C=C/c2ccc(C)c(C)c2)cc1C. The Kier molecular flexibility index (Phi) is 8.97. The summed E-state index contributed by atoms with van der Waals surface area (Å²) in [6, 6.07) is 17.6. The quantitative estimate of drug-likeness (QED) is 0.115. The van der Waals surface area contributed by atoms with E-state index < -0.39 is 11.6 Å². The lowest BCUT2D eigenvalue weighted by Gasteiger charge is -2.05. The number of carbonyl (C=O) groups excluding carboxylic acids is 2. The highest BCUT2D eigenvalue weighted by molar-refractivity contribution is 6.29. The molecule has 3 nitrogen and oxygen atoms in total. The number of benzene rings is 3. The van der Waals surface area contributed by atoms with Crippen molar-refractivity contribution in [2.24, 2.45) is 0 Å². The van der Waals surface area contributed by atoms with Gasteiger partial charge in [-0.3, -0.25) is 9.59 Å². The Balaban J connectivity index is 1.96. The van der Waals surface area contributed by atoms with E-state index in [9.17, 15) is 14.7 Å². The van der Waals surface area contributed by atoms with Crippen LogP contribution in [0.5, 0.6) is 0 Å². The van der Waals surface area contributed by atoms with Gasteiger partial charge in [0, 0.05) is 0 Å². The van der Waals surface area contributed by atoms with Gasteiger partial charge in [-0.2, -0.15) is 0 Å². The van der Waals surface area contributed by atoms with Crippen molar-refractivity contribution < 1.29 is 14.7 Å². The fourth-order valence-corrected chi connectivity index (χ4v) is 3.75. The van der Waals surface area contributed by atoms with E-state index in [2.05, 4.69) is 0 Å². The van der Waals surface area contributed by atoms with Crippen molar-refractivity contribution >= 4 is 29.8 Å². The van der Waals surface area contributed by atoms with Crippen LogP contribution in [0, 0.1) is 41.5 Å². The zero-order chi connectivity index (χ0) is 27.1. The van der Waals surface area contributed by atoms with Crippen molar-refractivity contribution in [1.82, 2.24) is 0 Å². The molecule has 3 rings (SSSR count). The van der Waals surface area contributed by atoms with Gasteiger partial charge in [-0.15, -0.1) is 0 Å². The summed E-state index contributed by atoms with van der Waals surface area (Å²) in [5.41, 5.74) is 9.09. The summed E-state index contributed by atoms with van der Waals surface area (Å²) in [5, 5.41) is 10.9. The van der Waals surface area contributed by atoms with Crippen molar-refractivity contribution in [2.75, 3.05) is 0 Å². The fourth-order valence-electron chi connectivity index (χ4n) is 3.75. The molecule has 0 aliphatic heterocycles. The predicted octanol–water partition coefficient (Wildman–Crippen LogP) is 7.93. The lowest BCUT2D eigenvalue weighted by Crippen LogP contribution is -2.11. The highest BCUT2D eigenvalue weighted by Crippen LogP contribution is 2.17. The van der Waals surface area contributed by atoms with E-state index in [4.69, 9.17) is 0 Å². The molecule has 0 aliphatic carbocycles. The number of aryl methyl sites for hydroxylation is 6. The fraction of sp³-hybridized carbons (Fsp3) is 0.176. The number of ketones is 2. The third-order valence-corrected chi connectivity index (χ3v) is 6.63. The van der Waals surface area contributed by atoms with Crippen LogP contribution in [0.3, 0.4) is 0 Å². The largest absolute Gasteiger partial charge is 0.507 e.